The van der Waals surface area contributed by atoms with Crippen LogP contribution in [0.15, 0.2) is 24.3 Å². The number of rotatable bonds is 75. The fraction of sp³-hybridized carbons (Fsp3) is 0.895. The lowest BCUT2D eigenvalue weighted by molar-refractivity contribution is -0.161. The first kappa shape index (κ1) is 92.5. The molecule has 3 N–H and O–H groups in total. The Labute approximate surface area is 580 Å². The van der Waals surface area contributed by atoms with E-state index in [0.29, 0.717) is 25.7 Å². The van der Waals surface area contributed by atoms with Crippen LogP contribution >= 0.6 is 15.6 Å². The summed E-state index contributed by atoms with van der Waals surface area (Å²) in [6, 6.07) is 0. The molecule has 0 heterocycles. The number of aliphatic hydroxyl groups is 1. The molecule has 0 saturated heterocycles. The Morgan fingerprint density at radius 2 is 0.505 bits per heavy atom. The van der Waals surface area contributed by atoms with Gasteiger partial charge in [0.15, 0.2) is 12.2 Å². The van der Waals surface area contributed by atoms with Crippen molar-refractivity contribution in [3.8, 4) is 0 Å². The van der Waals surface area contributed by atoms with Gasteiger partial charge in [-0.15, -0.1) is 0 Å². The van der Waals surface area contributed by atoms with Crippen LogP contribution in [0.4, 0.5) is 0 Å². The molecule has 0 aliphatic heterocycles. The van der Waals surface area contributed by atoms with Crippen LogP contribution in [0.3, 0.4) is 0 Å². The highest BCUT2D eigenvalue weighted by Crippen LogP contribution is 2.45. The molecule has 0 bridgehead atoms. The summed E-state index contributed by atoms with van der Waals surface area (Å²) in [5.41, 5.74) is 0. The van der Waals surface area contributed by atoms with Gasteiger partial charge in [-0.05, 0) is 51.4 Å². The number of hydrogen-bond donors (Lipinski definition) is 3. The molecule has 0 radical (unpaired) electrons. The van der Waals surface area contributed by atoms with Gasteiger partial charge in [0, 0.05) is 25.7 Å². The Morgan fingerprint density at radius 3 is 0.768 bits per heavy atom. The van der Waals surface area contributed by atoms with E-state index >= 15 is 0 Å². The van der Waals surface area contributed by atoms with Crippen LogP contribution in [0.25, 0.3) is 0 Å². The van der Waals surface area contributed by atoms with E-state index in [1.54, 1.807) is 0 Å². The van der Waals surface area contributed by atoms with E-state index in [-0.39, 0.29) is 25.7 Å². The highest BCUT2D eigenvalue weighted by atomic mass is 31.2. The predicted molar refractivity (Wildman–Crippen MR) is 386 cm³/mol. The summed E-state index contributed by atoms with van der Waals surface area (Å²) in [6.07, 6.45) is 63.2. The third-order valence-electron chi connectivity index (χ3n) is 17.2. The van der Waals surface area contributed by atoms with Crippen molar-refractivity contribution in [2.24, 2.45) is 0 Å². The first-order valence-corrected chi connectivity index (χ1v) is 42.1. The molecule has 0 spiro atoms. The number of carbonyl (C=O) groups excluding carboxylic acids is 4. The minimum atomic E-state index is -4.96. The first-order chi connectivity index (χ1) is 46.2. The van der Waals surface area contributed by atoms with Crippen LogP contribution in [0, 0.1) is 0 Å². The number of phosphoric ester groups is 2. The summed E-state index contributed by atoms with van der Waals surface area (Å²) < 4.78 is 68.4. The number of phosphoric acid groups is 2. The van der Waals surface area contributed by atoms with Crippen molar-refractivity contribution in [3.05, 3.63) is 24.3 Å². The summed E-state index contributed by atoms with van der Waals surface area (Å²) in [5.74, 6) is -2.14. The van der Waals surface area contributed by atoms with E-state index in [1.165, 1.54) is 193 Å². The van der Waals surface area contributed by atoms with Crippen molar-refractivity contribution in [1.82, 2.24) is 0 Å². The van der Waals surface area contributed by atoms with Crippen molar-refractivity contribution < 1.29 is 80.2 Å². The average Bonchev–Trinajstić information content (AvgIpc) is 2.35. The highest BCUT2D eigenvalue weighted by molar-refractivity contribution is 7.47. The normalized spacial score (nSPS) is 14.1. The number of esters is 4. The van der Waals surface area contributed by atoms with Crippen LogP contribution in [0.1, 0.15) is 381 Å². The molecule has 560 valence electrons. The number of ether oxygens (including phenoxy) is 4. The Balaban J connectivity index is 5.24. The Kier molecular flexibility index (Phi) is 68.2. The van der Waals surface area contributed by atoms with E-state index in [2.05, 4.69) is 52.0 Å². The maximum atomic E-state index is 13.1. The predicted octanol–water partition coefficient (Wildman–Crippen LogP) is 22.2. The molecule has 0 aromatic carbocycles. The number of carbonyl (C=O) groups is 4. The van der Waals surface area contributed by atoms with E-state index < -0.39 is 97.5 Å². The van der Waals surface area contributed by atoms with Gasteiger partial charge in [-0.25, -0.2) is 9.13 Å². The van der Waals surface area contributed by atoms with Crippen LogP contribution in [0.2, 0.25) is 0 Å². The summed E-state index contributed by atoms with van der Waals surface area (Å²) in [7, 11) is -9.92. The standard InChI is InChI=1S/C76H144O17P2/c1-5-9-13-17-21-25-28-31-34-37-39-42-45-49-53-57-61-74(79)87-67-72(93-76(81)63-59-55-51-47-44-41-38-35-32-29-26-22-18-14-10-6-2)69-91-95(84,85)89-65-70(77)64-88-94(82,83)90-68-71(66-86-73(78)60-56-52-48-24-20-16-12-8-4)92-75(80)62-58-54-50-46-43-40-36-33-30-27-23-19-15-11-7-3/h27,30,33,36,70-72,77H,5-26,28-29,31-32,34-35,37-69H2,1-4H3,(H,82,83)(H,84,85)/b30-27-,36-33-/t70-,71+,72+/m0/s1. The lowest BCUT2D eigenvalue weighted by Gasteiger charge is -2.21. The minimum absolute atomic E-state index is 0.0854. The van der Waals surface area contributed by atoms with Crippen molar-refractivity contribution in [2.45, 2.75) is 399 Å². The molecule has 95 heavy (non-hydrogen) atoms. The number of allylic oxidation sites excluding steroid dienone is 4. The second-order valence-corrected chi connectivity index (χ2v) is 29.6. The Hall–Kier alpha value is -2.46. The summed E-state index contributed by atoms with van der Waals surface area (Å²) in [5, 5.41) is 10.6. The lowest BCUT2D eigenvalue weighted by atomic mass is 10.0. The minimum Gasteiger partial charge on any atom is -0.462 e. The molecular weight excluding hydrogens is 1250 g/mol. The molecule has 0 saturated carbocycles. The maximum absolute atomic E-state index is 13.1. The van der Waals surface area contributed by atoms with Crippen LogP contribution in [-0.2, 0) is 65.4 Å². The van der Waals surface area contributed by atoms with E-state index in [1.807, 2.05) is 0 Å². The van der Waals surface area contributed by atoms with Crippen molar-refractivity contribution in [3.63, 3.8) is 0 Å². The zero-order valence-corrected chi connectivity index (χ0v) is 62.9. The van der Waals surface area contributed by atoms with Gasteiger partial charge in [0.1, 0.15) is 19.3 Å². The topological polar surface area (TPSA) is 237 Å². The maximum Gasteiger partial charge on any atom is 0.472 e. The molecular formula is C76H144O17P2. The Bertz CT molecular complexity index is 1900. The molecule has 0 aromatic rings. The quantitative estimate of drug-likeness (QED) is 0.0169. The third-order valence-corrected chi connectivity index (χ3v) is 19.1. The van der Waals surface area contributed by atoms with Crippen LogP contribution < -0.4 is 0 Å². The zero-order valence-electron chi connectivity index (χ0n) is 61.1. The van der Waals surface area contributed by atoms with Crippen molar-refractivity contribution in [1.29, 1.82) is 0 Å². The molecule has 0 rings (SSSR count). The fourth-order valence-electron chi connectivity index (χ4n) is 11.2. The molecule has 17 nitrogen and oxygen atoms in total. The van der Waals surface area contributed by atoms with Gasteiger partial charge >= 0.3 is 39.5 Å². The van der Waals surface area contributed by atoms with Crippen LogP contribution in [0.5, 0.6) is 0 Å². The smallest absolute Gasteiger partial charge is 0.462 e. The Morgan fingerprint density at radius 1 is 0.295 bits per heavy atom. The molecule has 0 aliphatic carbocycles. The summed E-state index contributed by atoms with van der Waals surface area (Å²) >= 11 is 0. The van der Waals surface area contributed by atoms with Gasteiger partial charge in [-0.2, -0.15) is 0 Å². The molecule has 2 unspecified atom stereocenters. The van der Waals surface area contributed by atoms with Gasteiger partial charge in [-0.3, -0.25) is 37.3 Å². The molecule has 19 heteroatoms. The molecule has 0 fully saturated rings. The third kappa shape index (κ3) is 69.8. The van der Waals surface area contributed by atoms with Gasteiger partial charge in [0.2, 0.25) is 0 Å². The SMILES string of the molecule is CCCCCC/C=C\C=C/CCCCCCCC(=O)O[C@H](COC(=O)CCCCCCCCCC)COP(=O)(O)OC[C@H](O)COP(=O)(O)OC[C@@H](COC(=O)CCCCCCCCCCCCCCCCCC)OC(=O)CCCCCCCCCCCCCCCCCC. The zero-order chi connectivity index (χ0) is 69.7. The van der Waals surface area contributed by atoms with Crippen LogP contribution in [-0.4, -0.2) is 96.7 Å². The fourth-order valence-corrected chi connectivity index (χ4v) is 12.8. The van der Waals surface area contributed by atoms with E-state index in [4.69, 9.17) is 37.0 Å². The molecule has 5 atom stereocenters. The van der Waals surface area contributed by atoms with Gasteiger partial charge < -0.3 is 33.8 Å². The highest BCUT2D eigenvalue weighted by Gasteiger charge is 2.30. The van der Waals surface area contributed by atoms with Gasteiger partial charge in [0.05, 0.1) is 26.4 Å². The number of hydrogen-bond acceptors (Lipinski definition) is 15. The monoisotopic (exact) mass is 1390 g/mol. The number of unbranched alkanes of at least 4 members (excludes halogenated alkanes) is 46. The molecule has 0 aromatic heterocycles. The summed E-state index contributed by atoms with van der Waals surface area (Å²) in [4.78, 5) is 72.7. The summed E-state index contributed by atoms with van der Waals surface area (Å²) in [6.45, 7) is 4.90. The van der Waals surface area contributed by atoms with E-state index in [9.17, 15) is 43.2 Å². The lowest BCUT2D eigenvalue weighted by Crippen LogP contribution is -2.30. The first-order valence-electron chi connectivity index (χ1n) is 39.1. The molecule has 0 amide bonds. The average molecular weight is 1390 g/mol. The van der Waals surface area contributed by atoms with E-state index in [0.717, 1.165) is 109 Å². The van der Waals surface area contributed by atoms with Gasteiger partial charge in [-0.1, -0.05) is 328 Å². The van der Waals surface area contributed by atoms with Crippen molar-refractivity contribution in [2.75, 3.05) is 39.6 Å². The molecule has 0 aliphatic rings. The second-order valence-electron chi connectivity index (χ2n) is 26.7. The van der Waals surface area contributed by atoms with Gasteiger partial charge in [0.25, 0.3) is 0 Å². The number of aliphatic hydroxyl groups excluding tert-OH is 1. The largest absolute Gasteiger partial charge is 0.472 e. The van der Waals surface area contributed by atoms with Crippen molar-refractivity contribution >= 4 is 39.5 Å². The second kappa shape index (κ2) is 70.0.